The van der Waals surface area contributed by atoms with Crippen molar-refractivity contribution in [1.82, 2.24) is 5.32 Å². The number of hydrogen-bond donors (Lipinski definition) is 1. The van der Waals surface area contributed by atoms with Gasteiger partial charge in [0.1, 0.15) is 0 Å². The first kappa shape index (κ1) is 13.6. The van der Waals surface area contributed by atoms with Gasteiger partial charge in [0.05, 0.1) is 0 Å². The summed E-state index contributed by atoms with van der Waals surface area (Å²) in [6.07, 6.45) is 1.63. The van der Waals surface area contributed by atoms with E-state index in [4.69, 9.17) is 0 Å². The van der Waals surface area contributed by atoms with Crippen molar-refractivity contribution in [2.45, 2.75) is 6.92 Å². The van der Waals surface area contributed by atoms with Crippen LogP contribution in [0.2, 0.25) is 0 Å². The molecule has 1 amide bonds. The van der Waals surface area contributed by atoms with E-state index in [-0.39, 0.29) is 5.91 Å². The van der Waals surface area contributed by atoms with Crippen LogP contribution in [0.1, 0.15) is 15.9 Å². The summed E-state index contributed by atoms with van der Waals surface area (Å²) in [7, 11) is -0.863. The Kier molecular flexibility index (Phi) is 5.40. The van der Waals surface area contributed by atoms with Gasteiger partial charge < -0.3 is 5.32 Å². The molecule has 0 aliphatic rings. The van der Waals surface area contributed by atoms with Gasteiger partial charge in [-0.15, -0.1) is 0 Å². The Labute approximate surface area is 112 Å². The number of nitrogens with one attached hydrogen (secondary N) is 1. The van der Waals surface area contributed by atoms with Crippen molar-refractivity contribution in [2.24, 2.45) is 0 Å². The monoisotopic (exact) mass is 351 g/mol. The van der Waals surface area contributed by atoms with Gasteiger partial charge in [0.2, 0.25) is 0 Å². The number of amides is 1. The zero-order valence-corrected chi connectivity index (χ0v) is 12.2. The molecule has 1 rings (SSSR count). The van der Waals surface area contributed by atoms with Gasteiger partial charge in [0, 0.05) is 38.5 Å². The highest BCUT2D eigenvalue weighted by Crippen LogP contribution is 2.13. The standard InChI is InChI=1S/C11H14INO2S/c1-8-3-4-9(7-10(8)12)11(14)13-5-6-16(2)15/h3-4,7H,5-6H2,1-2H3,(H,13,14)/t16-/m0/s1. The third-order valence-corrected chi connectivity index (χ3v) is 4.05. The predicted octanol–water partition coefficient (Wildman–Crippen LogP) is 1.71. The molecule has 3 nitrogen and oxygen atoms in total. The lowest BCUT2D eigenvalue weighted by molar-refractivity contribution is 0.0956. The van der Waals surface area contributed by atoms with Gasteiger partial charge in [-0.1, -0.05) is 6.07 Å². The van der Waals surface area contributed by atoms with Gasteiger partial charge >= 0.3 is 0 Å². The highest BCUT2D eigenvalue weighted by molar-refractivity contribution is 14.1. The van der Waals surface area contributed by atoms with E-state index in [1.54, 1.807) is 12.3 Å². The second-order valence-electron chi connectivity index (χ2n) is 3.50. The maximum Gasteiger partial charge on any atom is 0.251 e. The first-order valence-corrected chi connectivity index (χ1v) is 7.65. The molecule has 88 valence electrons. The number of aryl methyl sites for hydroxylation is 1. The Hall–Kier alpha value is -0.430. The molecule has 0 aliphatic carbocycles. The average molecular weight is 351 g/mol. The second-order valence-corrected chi connectivity index (χ2v) is 6.21. The van der Waals surface area contributed by atoms with Crippen molar-refractivity contribution in [1.29, 1.82) is 0 Å². The van der Waals surface area contributed by atoms with Crippen molar-refractivity contribution in [3.05, 3.63) is 32.9 Å². The summed E-state index contributed by atoms with van der Waals surface area (Å²) in [5, 5.41) is 2.74. The summed E-state index contributed by atoms with van der Waals surface area (Å²) >= 11 is 2.20. The van der Waals surface area contributed by atoms with E-state index in [2.05, 4.69) is 27.9 Å². The highest BCUT2D eigenvalue weighted by atomic mass is 127. The summed E-state index contributed by atoms with van der Waals surface area (Å²) in [5.74, 6) is 0.387. The quantitative estimate of drug-likeness (QED) is 0.840. The molecular weight excluding hydrogens is 337 g/mol. The Morgan fingerprint density at radius 3 is 2.75 bits per heavy atom. The molecule has 1 aromatic carbocycles. The smallest absolute Gasteiger partial charge is 0.251 e. The third kappa shape index (κ3) is 4.21. The maximum atomic E-state index is 11.7. The minimum atomic E-state index is -0.863. The fourth-order valence-electron chi connectivity index (χ4n) is 1.14. The number of rotatable bonds is 4. The summed E-state index contributed by atoms with van der Waals surface area (Å²) in [6.45, 7) is 2.45. The van der Waals surface area contributed by atoms with Gasteiger partial charge in [0.25, 0.3) is 5.91 Å². The first-order valence-electron chi connectivity index (χ1n) is 4.85. The van der Waals surface area contributed by atoms with Crippen molar-refractivity contribution < 1.29 is 9.00 Å². The van der Waals surface area contributed by atoms with Crippen LogP contribution in [0.3, 0.4) is 0 Å². The molecule has 0 aromatic heterocycles. The summed E-state index contributed by atoms with van der Waals surface area (Å²) in [4.78, 5) is 11.7. The van der Waals surface area contributed by atoms with Crippen LogP contribution in [0, 0.1) is 10.5 Å². The van der Waals surface area contributed by atoms with E-state index in [9.17, 15) is 9.00 Å². The molecule has 16 heavy (non-hydrogen) atoms. The summed E-state index contributed by atoms with van der Waals surface area (Å²) in [6, 6.07) is 5.58. The molecule has 0 spiro atoms. The molecule has 0 bridgehead atoms. The third-order valence-electron chi connectivity index (χ3n) is 2.11. The lowest BCUT2D eigenvalue weighted by atomic mass is 10.1. The Balaban J connectivity index is 2.59. The Morgan fingerprint density at radius 1 is 1.50 bits per heavy atom. The molecule has 1 aromatic rings. The minimum absolute atomic E-state index is 0.108. The number of carbonyl (C=O) groups excluding carboxylic acids is 1. The molecule has 1 N–H and O–H groups in total. The van der Waals surface area contributed by atoms with Crippen molar-refractivity contribution >= 4 is 39.3 Å². The van der Waals surface area contributed by atoms with Crippen LogP contribution in [0.4, 0.5) is 0 Å². The molecule has 0 radical (unpaired) electrons. The lowest BCUT2D eigenvalue weighted by Gasteiger charge is -2.05. The fraction of sp³-hybridized carbons (Fsp3) is 0.364. The number of carbonyl (C=O) groups is 1. The fourth-order valence-corrected chi connectivity index (χ4v) is 2.05. The predicted molar refractivity (Wildman–Crippen MR) is 75.2 cm³/mol. The van der Waals surface area contributed by atoms with E-state index in [0.717, 1.165) is 9.13 Å². The number of hydrogen-bond acceptors (Lipinski definition) is 2. The van der Waals surface area contributed by atoms with E-state index < -0.39 is 10.8 Å². The van der Waals surface area contributed by atoms with Gasteiger partial charge in [-0.3, -0.25) is 9.00 Å². The van der Waals surface area contributed by atoms with Crippen LogP contribution in [-0.2, 0) is 10.8 Å². The zero-order chi connectivity index (χ0) is 12.1. The molecular formula is C11H14INO2S. The number of benzene rings is 1. The molecule has 0 aliphatic heterocycles. The van der Waals surface area contributed by atoms with Crippen molar-refractivity contribution in [2.75, 3.05) is 18.6 Å². The van der Waals surface area contributed by atoms with E-state index in [0.29, 0.717) is 17.9 Å². The van der Waals surface area contributed by atoms with Crippen LogP contribution in [0.5, 0.6) is 0 Å². The largest absolute Gasteiger partial charge is 0.351 e. The van der Waals surface area contributed by atoms with Crippen LogP contribution >= 0.6 is 22.6 Å². The normalized spacial score (nSPS) is 12.2. The van der Waals surface area contributed by atoms with Gasteiger partial charge in [-0.2, -0.15) is 0 Å². The van der Waals surface area contributed by atoms with Crippen LogP contribution in [-0.4, -0.2) is 28.7 Å². The molecule has 0 saturated heterocycles. The molecule has 0 unspecified atom stereocenters. The van der Waals surface area contributed by atoms with Crippen LogP contribution in [0.25, 0.3) is 0 Å². The molecule has 0 fully saturated rings. The average Bonchev–Trinajstić information content (AvgIpc) is 2.21. The minimum Gasteiger partial charge on any atom is -0.351 e. The molecule has 0 heterocycles. The second kappa shape index (κ2) is 6.34. The Morgan fingerprint density at radius 2 is 2.19 bits per heavy atom. The Bertz CT molecular complexity index is 420. The zero-order valence-electron chi connectivity index (χ0n) is 9.25. The SMILES string of the molecule is Cc1ccc(C(=O)NCC[S@](C)=O)cc1I. The van der Waals surface area contributed by atoms with E-state index >= 15 is 0 Å². The van der Waals surface area contributed by atoms with Gasteiger partial charge in [0.15, 0.2) is 0 Å². The van der Waals surface area contributed by atoms with Gasteiger partial charge in [-0.25, -0.2) is 0 Å². The van der Waals surface area contributed by atoms with E-state index in [1.807, 2.05) is 19.1 Å². The van der Waals surface area contributed by atoms with Crippen molar-refractivity contribution in [3.8, 4) is 0 Å². The summed E-state index contributed by atoms with van der Waals surface area (Å²) < 4.78 is 11.9. The molecule has 1 atom stereocenters. The van der Waals surface area contributed by atoms with Crippen LogP contribution < -0.4 is 5.32 Å². The highest BCUT2D eigenvalue weighted by Gasteiger charge is 2.06. The molecule has 0 saturated carbocycles. The van der Waals surface area contributed by atoms with Crippen LogP contribution in [0.15, 0.2) is 18.2 Å². The van der Waals surface area contributed by atoms with Crippen molar-refractivity contribution in [3.63, 3.8) is 0 Å². The van der Waals surface area contributed by atoms with Gasteiger partial charge in [-0.05, 0) is 47.2 Å². The van der Waals surface area contributed by atoms with E-state index in [1.165, 1.54) is 0 Å². The summed E-state index contributed by atoms with van der Waals surface area (Å²) in [5.41, 5.74) is 1.81. The maximum absolute atomic E-state index is 11.7. The first-order chi connectivity index (χ1) is 7.50. The lowest BCUT2D eigenvalue weighted by Crippen LogP contribution is -2.27. The number of halogens is 1. The molecule has 5 heteroatoms. The topological polar surface area (TPSA) is 46.2 Å².